The van der Waals surface area contributed by atoms with Crippen LogP contribution in [0.4, 0.5) is 10.1 Å². The topological polar surface area (TPSA) is 12.0 Å². The Morgan fingerprint density at radius 2 is 2.25 bits per heavy atom. The molecule has 0 radical (unpaired) electrons. The lowest BCUT2D eigenvalue weighted by atomic mass is 10.3. The zero-order chi connectivity index (χ0) is 8.97. The van der Waals surface area contributed by atoms with Gasteiger partial charge < -0.3 is 5.32 Å². The average Bonchev–Trinajstić information content (AvgIpc) is 1.99. The SMILES string of the molecule is C#CCNc1cc(F)cc(Cl)c1. The normalized spacial score (nSPS) is 9.08. The van der Waals surface area contributed by atoms with Gasteiger partial charge in [0, 0.05) is 10.7 Å². The summed E-state index contributed by atoms with van der Waals surface area (Å²) in [4.78, 5) is 0. The predicted molar refractivity (Wildman–Crippen MR) is 48.7 cm³/mol. The predicted octanol–water partition coefficient (Wildman–Crippen LogP) is 2.52. The minimum Gasteiger partial charge on any atom is -0.374 e. The first-order valence-electron chi connectivity index (χ1n) is 3.36. The van der Waals surface area contributed by atoms with Crippen molar-refractivity contribution in [2.24, 2.45) is 0 Å². The van der Waals surface area contributed by atoms with Gasteiger partial charge in [-0.1, -0.05) is 17.5 Å². The van der Waals surface area contributed by atoms with Crippen LogP contribution < -0.4 is 5.32 Å². The number of halogens is 2. The van der Waals surface area contributed by atoms with Crippen molar-refractivity contribution in [3.63, 3.8) is 0 Å². The van der Waals surface area contributed by atoms with E-state index in [-0.39, 0.29) is 5.82 Å². The Labute approximate surface area is 75.5 Å². The quantitative estimate of drug-likeness (QED) is 0.695. The van der Waals surface area contributed by atoms with Crippen molar-refractivity contribution < 1.29 is 4.39 Å². The van der Waals surface area contributed by atoms with Crippen molar-refractivity contribution in [3.8, 4) is 12.3 Å². The van der Waals surface area contributed by atoms with Gasteiger partial charge in [-0.2, -0.15) is 0 Å². The van der Waals surface area contributed by atoms with E-state index in [0.717, 1.165) is 0 Å². The van der Waals surface area contributed by atoms with Crippen LogP contribution in [0.5, 0.6) is 0 Å². The second-order valence-electron chi connectivity index (χ2n) is 2.22. The standard InChI is InChI=1S/C9H7ClFN/c1-2-3-12-9-5-7(10)4-8(11)6-9/h1,4-6,12H,3H2. The fraction of sp³-hybridized carbons (Fsp3) is 0.111. The highest BCUT2D eigenvalue weighted by atomic mass is 35.5. The van der Waals surface area contributed by atoms with E-state index < -0.39 is 0 Å². The van der Waals surface area contributed by atoms with E-state index in [2.05, 4.69) is 11.2 Å². The van der Waals surface area contributed by atoms with Crippen molar-refractivity contribution >= 4 is 17.3 Å². The van der Waals surface area contributed by atoms with Gasteiger partial charge in [0.1, 0.15) is 5.82 Å². The van der Waals surface area contributed by atoms with Gasteiger partial charge in [-0.3, -0.25) is 0 Å². The maximum atomic E-state index is 12.7. The molecule has 0 saturated carbocycles. The van der Waals surface area contributed by atoms with E-state index in [9.17, 15) is 4.39 Å². The third-order valence-electron chi connectivity index (χ3n) is 1.26. The van der Waals surface area contributed by atoms with Crippen LogP contribution in [0.25, 0.3) is 0 Å². The van der Waals surface area contributed by atoms with Crippen LogP contribution in [0.2, 0.25) is 5.02 Å². The Morgan fingerprint density at radius 3 is 2.83 bits per heavy atom. The van der Waals surface area contributed by atoms with E-state index in [1.807, 2.05) is 0 Å². The Bertz CT molecular complexity index is 297. The summed E-state index contributed by atoms with van der Waals surface area (Å²) in [7, 11) is 0. The highest BCUT2D eigenvalue weighted by Crippen LogP contribution is 2.17. The lowest BCUT2D eigenvalue weighted by Crippen LogP contribution is -1.98. The number of hydrogen-bond donors (Lipinski definition) is 1. The Balaban J connectivity index is 2.80. The number of hydrogen-bond acceptors (Lipinski definition) is 1. The molecule has 0 aromatic heterocycles. The average molecular weight is 184 g/mol. The molecule has 0 fully saturated rings. The van der Waals surface area contributed by atoms with Crippen molar-refractivity contribution in [1.82, 2.24) is 0 Å². The van der Waals surface area contributed by atoms with Crippen molar-refractivity contribution in [2.75, 3.05) is 11.9 Å². The first-order chi connectivity index (χ1) is 5.72. The first kappa shape index (κ1) is 8.89. The van der Waals surface area contributed by atoms with Gasteiger partial charge in [0.2, 0.25) is 0 Å². The molecule has 0 bridgehead atoms. The fourth-order valence-corrected chi connectivity index (χ4v) is 1.03. The third-order valence-corrected chi connectivity index (χ3v) is 1.48. The van der Waals surface area contributed by atoms with E-state index in [0.29, 0.717) is 17.3 Å². The molecule has 0 saturated heterocycles. The molecule has 0 spiro atoms. The summed E-state index contributed by atoms with van der Waals surface area (Å²) in [6.07, 6.45) is 5.01. The summed E-state index contributed by atoms with van der Waals surface area (Å²) in [5.41, 5.74) is 0.595. The molecule has 1 aromatic carbocycles. The monoisotopic (exact) mass is 183 g/mol. The zero-order valence-corrected chi connectivity index (χ0v) is 7.03. The molecular weight excluding hydrogens is 177 g/mol. The summed E-state index contributed by atoms with van der Waals surface area (Å²) < 4.78 is 12.7. The van der Waals surface area contributed by atoms with E-state index in [1.54, 1.807) is 6.07 Å². The summed E-state index contributed by atoms with van der Waals surface area (Å²) in [5.74, 6) is 2.01. The molecule has 1 rings (SSSR count). The van der Waals surface area contributed by atoms with Gasteiger partial charge in [0.15, 0.2) is 0 Å². The molecule has 0 unspecified atom stereocenters. The van der Waals surface area contributed by atoms with Gasteiger partial charge >= 0.3 is 0 Å². The number of rotatable bonds is 2. The molecule has 3 heteroatoms. The summed E-state index contributed by atoms with van der Waals surface area (Å²) in [5, 5.41) is 3.17. The molecular formula is C9H7ClFN. The minimum absolute atomic E-state index is 0.356. The summed E-state index contributed by atoms with van der Waals surface area (Å²) in [6.45, 7) is 0.361. The maximum Gasteiger partial charge on any atom is 0.126 e. The molecule has 0 aliphatic heterocycles. The highest BCUT2D eigenvalue weighted by Gasteiger charge is 1.96. The maximum absolute atomic E-state index is 12.7. The third kappa shape index (κ3) is 2.44. The second-order valence-corrected chi connectivity index (χ2v) is 2.65. The Hall–Kier alpha value is -1.20. The molecule has 0 aliphatic carbocycles. The molecule has 1 nitrogen and oxygen atoms in total. The molecule has 1 aromatic rings. The molecule has 0 amide bonds. The molecule has 0 atom stereocenters. The largest absolute Gasteiger partial charge is 0.374 e. The van der Waals surface area contributed by atoms with Crippen LogP contribution in [0.15, 0.2) is 18.2 Å². The molecule has 1 N–H and O–H groups in total. The van der Waals surface area contributed by atoms with E-state index in [4.69, 9.17) is 18.0 Å². The van der Waals surface area contributed by atoms with Crippen LogP contribution >= 0.6 is 11.6 Å². The second kappa shape index (κ2) is 3.99. The highest BCUT2D eigenvalue weighted by molar-refractivity contribution is 6.30. The molecule has 0 heterocycles. The number of nitrogens with one attached hydrogen (secondary N) is 1. The smallest absolute Gasteiger partial charge is 0.126 e. The number of benzene rings is 1. The fourth-order valence-electron chi connectivity index (χ4n) is 0.809. The Morgan fingerprint density at radius 1 is 1.50 bits per heavy atom. The molecule has 12 heavy (non-hydrogen) atoms. The molecule has 62 valence electrons. The van der Waals surface area contributed by atoms with Crippen LogP contribution in [0.3, 0.4) is 0 Å². The number of anilines is 1. The lowest BCUT2D eigenvalue weighted by Gasteiger charge is -2.02. The van der Waals surface area contributed by atoms with Gasteiger partial charge in [-0.15, -0.1) is 6.42 Å². The lowest BCUT2D eigenvalue weighted by molar-refractivity contribution is 0.628. The van der Waals surface area contributed by atoms with Gasteiger partial charge in [0.25, 0.3) is 0 Å². The summed E-state index contributed by atoms with van der Waals surface area (Å²) in [6, 6.07) is 4.19. The van der Waals surface area contributed by atoms with Gasteiger partial charge in [-0.05, 0) is 18.2 Å². The first-order valence-corrected chi connectivity index (χ1v) is 3.73. The Kier molecular flexibility index (Phi) is 2.95. The van der Waals surface area contributed by atoms with Crippen molar-refractivity contribution in [1.29, 1.82) is 0 Å². The van der Waals surface area contributed by atoms with Crippen molar-refractivity contribution in [2.45, 2.75) is 0 Å². The summed E-state index contributed by atoms with van der Waals surface area (Å²) >= 11 is 5.60. The van der Waals surface area contributed by atoms with Crippen molar-refractivity contribution in [3.05, 3.63) is 29.0 Å². The van der Waals surface area contributed by atoms with E-state index >= 15 is 0 Å². The minimum atomic E-state index is -0.373. The van der Waals surface area contributed by atoms with Gasteiger partial charge in [0.05, 0.1) is 6.54 Å². The van der Waals surface area contributed by atoms with Crippen LogP contribution in [-0.2, 0) is 0 Å². The van der Waals surface area contributed by atoms with Crippen LogP contribution in [-0.4, -0.2) is 6.54 Å². The van der Waals surface area contributed by atoms with Crippen LogP contribution in [0, 0.1) is 18.2 Å². The number of terminal acetylenes is 1. The van der Waals surface area contributed by atoms with Gasteiger partial charge in [-0.25, -0.2) is 4.39 Å². The van der Waals surface area contributed by atoms with Crippen LogP contribution in [0.1, 0.15) is 0 Å². The molecule has 0 aliphatic rings. The zero-order valence-electron chi connectivity index (χ0n) is 6.27. The van der Waals surface area contributed by atoms with E-state index in [1.165, 1.54) is 12.1 Å².